The zero-order valence-corrected chi connectivity index (χ0v) is 15.6. The van der Waals surface area contributed by atoms with Crippen LogP contribution in [-0.2, 0) is 0 Å². The number of hydrogen-bond donors (Lipinski definition) is 1. The first-order chi connectivity index (χ1) is 11.5. The van der Waals surface area contributed by atoms with Gasteiger partial charge in [-0.15, -0.1) is 0 Å². The van der Waals surface area contributed by atoms with E-state index in [0.29, 0.717) is 21.5 Å². The van der Waals surface area contributed by atoms with Gasteiger partial charge in [-0.1, -0.05) is 38.9 Å². The van der Waals surface area contributed by atoms with Crippen molar-refractivity contribution in [3.63, 3.8) is 0 Å². The SMILES string of the molecule is Cc1c(C(=O)Nc2nc3ccc(Cl)cc3s2)oc2cc(Br)ccc12. The van der Waals surface area contributed by atoms with Crippen LogP contribution in [0.1, 0.15) is 16.1 Å². The lowest BCUT2D eigenvalue weighted by Crippen LogP contribution is -2.11. The second-order valence-electron chi connectivity index (χ2n) is 5.28. The molecule has 120 valence electrons. The topological polar surface area (TPSA) is 55.1 Å². The number of benzene rings is 2. The number of thiazole rings is 1. The van der Waals surface area contributed by atoms with E-state index >= 15 is 0 Å². The lowest BCUT2D eigenvalue weighted by atomic mass is 10.1. The van der Waals surface area contributed by atoms with Crippen LogP contribution in [0.25, 0.3) is 21.2 Å². The molecule has 1 amide bonds. The summed E-state index contributed by atoms with van der Waals surface area (Å²) in [5, 5.41) is 4.87. The Morgan fingerprint density at radius 2 is 2.12 bits per heavy atom. The Kier molecular flexibility index (Phi) is 3.83. The van der Waals surface area contributed by atoms with Crippen LogP contribution >= 0.6 is 38.9 Å². The highest BCUT2D eigenvalue weighted by Gasteiger charge is 2.19. The van der Waals surface area contributed by atoms with Crippen LogP contribution in [0.5, 0.6) is 0 Å². The Hall–Kier alpha value is -1.89. The minimum atomic E-state index is -0.315. The standard InChI is InChI=1S/C17H10BrClN2O2S/c1-8-11-4-2-9(18)6-13(11)23-15(8)16(22)21-17-20-12-5-3-10(19)7-14(12)24-17/h2-7H,1H3,(H,20,21,22). The van der Waals surface area contributed by atoms with Crippen molar-refractivity contribution in [2.24, 2.45) is 0 Å². The van der Waals surface area contributed by atoms with E-state index in [1.807, 2.05) is 37.3 Å². The molecular formula is C17H10BrClN2O2S. The number of carbonyl (C=O) groups excluding carboxylic acids is 1. The zero-order chi connectivity index (χ0) is 16.8. The number of carbonyl (C=O) groups is 1. The fraction of sp³-hybridized carbons (Fsp3) is 0.0588. The molecule has 0 saturated carbocycles. The number of aromatic nitrogens is 1. The monoisotopic (exact) mass is 420 g/mol. The summed E-state index contributed by atoms with van der Waals surface area (Å²) < 4.78 is 7.54. The lowest BCUT2D eigenvalue weighted by molar-refractivity contribution is 0.0998. The van der Waals surface area contributed by atoms with E-state index in [1.54, 1.807) is 6.07 Å². The van der Waals surface area contributed by atoms with Crippen molar-refractivity contribution in [1.29, 1.82) is 0 Å². The molecule has 0 fully saturated rings. The summed E-state index contributed by atoms with van der Waals surface area (Å²) in [5.41, 5.74) is 2.27. The van der Waals surface area contributed by atoms with Gasteiger partial charge in [0, 0.05) is 20.4 Å². The van der Waals surface area contributed by atoms with Gasteiger partial charge in [-0.2, -0.15) is 0 Å². The smallest absolute Gasteiger partial charge is 0.293 e. The van der Waals surface area contributed by atoms with E-state index in [-0.39, 0.29) is 5.91 Å². The number of rotatable bonds is 2. The average molecular weight is 422 g/mol. The summed E-state index contributed by atoms with van der Waals surface area (Å²) in [6.45, 7) is 1.87. The molecule has 24 heavy (non-hydrogen) atoms. The second-order valence-corrected chi connectivity index (χ2v) is 7.66. The number of amides is 1. The predicted molar refractivity (Wildman–Crippen MR) is 101 cm³/mol. The molecule has 0 aliphatic carbocycles. The summed E-state index contributed by atoms with van der Waals surface area (Å²) in [4.78, 5) is 17.0. The molecule has 0 spiro atoms. The van der Waals surface area contributed by atoms with Crippen LogP contribution in [-0.4, -0.2) is 10.9 Å². The molecule has 0 atom stereocenters. The van der Waals surface area contributed by atoms with Crippen molar-refractivity contribution in [3.8, 4) is 0 Å². The molecule has 2 aromatic carbocycles. The van der Waals surface area contributed by atoms with Crippen molar-refractivity contribution in [1.82, 2.24) is 4.98 Å². The number of anilines is 1. The lowest BCUT2D eigenvalue weighted by Gasteiger charge is -1.98. The predicted octanol–water partition coefficient (Wildman–Crippen LogP) is 6.02. The summed E-state index contributed by atoms with van der Waals surface area (Å²) in [5.74, 6) is -0.0228. The van der Waals surface area contributed by atoms with E-state index in [0.717, 1.165) is 25.6 Å². The van der Waals surface area contributed by atoms with Crippen molar-refractivity contribution < 1.29 is 9.21 Å². The van der Waals surface area contributed by atoms with Gasteiger partial charge in [0.25, 0.3) is 5.91 Å². The minimum Gasteiger partial charge on any atom is -0.451 e. The Bertz CT molecular complexity index is 1100. The third kappa shape index (κ3) is 2.70. The van der Waals surface area contributed by atoms with Crippen molar-refractivity contribution in [2.45, 2.75) is 6.92 Å². The largest absolute Gasteiger partial charge is 0.451 e. The Morgan fingerprint density at radius 3 is 2.96 bits per heavy atom. The number of furan rings is 1. The van der Waals surface area contributed by atoms with Crippen molar-refractivity contribution in [2.75, 3.05) is 5.32 Å². The number of aryl methyl sites for hydroxylation is 1. The maximum atomic E-state index is 12.6. The fourth-order valence-corrected chi connectivity index (χ4v) is 4.00. The van der Waals surface area contributed by atoms with Gasteiger partial charge in [0.2, 0.25) is 0 Å². The van der Waals surface area contributed by atoms with Crippen LogP contribution in [0.3, 0.4) is 0 Å². The van der Waals surface area contributed by atoms with Crippen LogP contribution in [0.4, 0.5) is 5.13 Å². The summed E-state index contributed by atoms with van der Waals surface area (Å²) in [6, 6.07) is 11.1. The van der Waals surface area contributed by atoms with E-state index < -0.39 is 0 Å². The number of nitrogens with zero attached hydrogens (tertiary/aromatic N) is 1. The van der Waals surface area contributed by atoms with Gasteiger partial charge in [-0.05, 0) is 43.3 Å². The first kappa shape index (κ1) is 15.6. The highest BCUT2D eigenvalue weighted by Crippen LogP contribution is 2.31. The van der Waals surface area contributed by atoms with Gasteiger partial charge < -0.3 is 4.42 Å². The Morgan fingerprint density at radius 1 is 1.29 bits per heavy atom. The maximum Gasteiger partial charge on any atom is 0.293 e. The highest BCUT2D eigenvalue weighted by atomic mass is 79.9. The molecule has 4 rings (SSSR count). The molecule has 4 nitrogen and oxygen atoms in total. The third-order valence-corrected chi connectivity index (χ3v) is 5.34. The number of fused-ring (bicyclic) bond motifs is 2. The molecule has 0 radical (unpaired) electrons. The molecule has 0 bridgehead atoms. The number of hydrogen-bond acceptors (Lipinski definition) is 4. The number of halogens is 2. The van der Waals surface area contributed by atoms with Crippen LogP contribution < -0.4 is 5.32 Å². The molecular weight excluding hydrogens is 412 g/mol. The molecule has 2 heterocycles. The van der Waals surface area contributed by atoms with E-state index in [9.17, 15) is 4.79 Å². The minimum absolute atomic E-state index is 0.292. The molecule has 0 aliphatic rings. The number of nitrogens with one attached hydrogen (secondary N) is 1. The van der Waals surface area contributed by atoms with Gasteiger partial charge in [-0.3, -0.25) is 10.1 Å². The summed E-state index contributed by atoms with van der Waals surface area (Å²) in [7, 11) is 0. The third-order valence-electron chi connectivity index (χ3n) is 3.68. The van der Waals surface area contributed by atoms with Gasteiger partial charge in [0.05, 0.1) is 10.2 Å². The van der Waals surface area contributed by atoms with Crippen molar-refractivity contribution >= 4 is 71.1 Å². The molecule has 0 unspecified atom stereocenters. The fourth-order valence-electron chi connectivity index (χ4n) is 2.52. The molecule has 0 saturated heterocycles. The highest BCUT2D eigenvalue weighted by molar-refractivity contribution is 9.10. The van der Waals surface area contributed by atoms with Gasteiger partial charge in [-0.25, -0.2) is 4.98 Å². The van der Waals surface area contributed by atoms with Crippen LogP contribution in [0, 0.1) is 6.92 Å². The first-order valence-electron chi connectivity index (χ1n) is 7.07. The summed E-state index contributed by atoms with van der Waals surface area (Å²) in [6.07, 6.45) is 0. The van der Waals surface area contributed by atoms with Crippen molar-refractivity contribution in [3.05, 3.63) is 57.2 Å². The van der Waals surface area contributed by atoms with Crippen LogP contribution in [0.2, 0.25) is 5.02 Å². The van der Waals surface area contributed by atoms with E-state index in [2.05, 4.69) is 26.2 Å². The molecule has 7 heteroatoms. The zero-order valence-electron chi connectivity index (χ0n) is 12.4. The molecule has 4 aromatic rings. The average Bonchev–Trinajstić information content (AvgIpc) is 3.07. The molecule has 0 aliphatic heterocycles. The van der Waals surface area contributed by atoms with Gasteiger partial charge >= 0.3 is 0 Å². The molecule has 1 N–H and O–H groups in total. The summed E-state index contributed by atoms with van der Waals surface area (Å²) >= 11 is 10.8. The Labute approximate surface area is 154 Å². The van der Waals surface area contributed by atoms with Crippen LogP contribution in [0.15, 0.2) is 45.3 Å². The Balaban J connectivity index is 1.69. The normalized spacial score (nSPS) is 11.3. The molecule has 2 aromatic heterocycles. The van der Waals surface area contributed by atoms with E-state index in [1.165, 1.54) is 11.3 Å². The van der Waals surface area contributed by atoms with Gasteiger partial charge in [0.1, 0.15) is 5.58 Å². The van der Waals surface area contributed by atoms with Gasteiger partial charge in [0.15, 0.2) is 10.9 Å². The maximum absolute atomic E-state index is 12.6. The quantitative estimate of drug-likeness (QED) is 0.430. The van der Waals surface area contributed by atoms with E-state index in [4.69, 9.17) is 16.0 Å². The second kappa shape index (κ2) is 5.88. The first-order valence-corrected chi connectivity index (χ1v) is 9.06.